The predicted octanol–water partition coefficient (Wildman–Crippen LogP) is 2.49. The van der Waals surface area contributed by atoms with Gasteiger partial charge in [-0.3, -0.25) is 4.79 Å². The van der Waals surface area contributed by atoms with Crippen molar-refractivity contribution in [1.29, 1.82) is 0 Å². The lowest BCUT2D eigenvalue weighted by Crippen LogP contribution is -1.97. The molecule has 0 amide bonds. The van der Waals surface area contributed by atoms with Gasteiger partial charge >= 0.3 is 0 Å². The van der Waals surface area contributed by atoms with Gasteiger partial charge in [0.25, 0.3) is 0 Å². The highest BCUT2D eigenvalue weighted by atomic mass is 16.1. The van der Waals surface area contributed by atoms with Crippen molar-refractivity contribution in [3.63, 3.8) is 0 Å². The van der Waals surface area contributed by atoms with E-state index in [1.807, 2.05) is 6.92 Å². The SMILES string of the molecule is C=C(C)CCC(=O)C(=C)C. The molecule has 0 aromatic rings. The zero-order valence-electron chi connectivity index (χ0n) is 6.74. The Morgan fingerprint density at radius 1 is 1.20 bits per heavy atom. The van der Waals surface area contributed by atoms with Crippen molar-refractivity contribution in [2.24, 2.45) is 0 Å². The summed E-state index contributed by atoms with van der Waals surface area (Å²) in [5, 5.41) is 0. The number of ketones is 1. The lowest BCUT2D eigenvalue weighted by molar-refractivity contribution is -0.115. The molecule has 0 N–H and O–H groups in total. The summed E-state index contributed by atoms with van der Waals surface area (Å²) in [6.45, 7) is 10.9. The molecule has 56 valence electrons. The second-order valence-electron chi connectivity index (χ2n) is 2.66. The molecule has 10 heavy (non-hydrogen) atoms. The normalized spacial score (nSPS) is 9.00. The Kier molecular flexibility index (Phi) is 3.70. The van der Waals surface area contributed by atoms with Crippen LogP contribution in [0.25, 0.3) is 0 Å². The molecule has 0 aliphatic carbocycles. The van der Waals surface area contributed by atoms with E-state index in [1.165, 1.54) is 0 Å². The minimum atomic E-state index is 0.142. The number of rotatable bonds is 4. The number of hydrogen-bond donors (Lipinski definition) is 0. The second-order valence-corrected chi connectivity index (χ2v) is 2.66. The average molecular weight is 138 g/mol. The minimum Gasteiger partial charge on any atom is -0.295 e. The van der Waals surface area contributed by atoms with Crippen LogP contribution < -0.4 is 0 Å². The number of hydrogen-bond acceptors (Lipinski definition) is 1. The summed E-state index contributed by atoms with van der Waals surface area (Å²) in [4.78, 5) is 10.9. The maximum atomic E-state index is 10.9. The van der Waals surface area contributed by atoms with E-state index in [0.717, 1.165) is 12.0 Å². The van der Waals surface area contributed by atoms with E-state index in [2.05, 4.69) is 13.2 Å². The Bertz CT molecular complexity index is 166. The van der Waals surface area contributed by atoms with Crippen LogP contribution in [0.4, 0.5) is 0 Å². The predicted molar refractivity (Wildman–Crippen MR) is 43.9 cm³/mol. The number of carbonyl (C=O) groups excluding carboxylic acids is 1. The van der Waals surface area contributed by atoms with E-state index < -0.39 is 0 Å². The van der Waals surface area contributed by atoms with Crippen LogP contribution in [-0.4, -0.2) is 5.78 Å². The van der Waals surface area contributed by atoms with Crippen molar-refractivity contribution in [1.82, 2.24) is 0 Å². The average Bonchev–Trinajstić information content (AvgIpc) is 1.82. The van der Waals surface area contributed by atoms with Crippen molar-refractivity contribution in [2.75, 3.05) is 0 Å². The lowest BCUT2D eigenvalue weighted by Gasteiger charge is -1.97. The van der Waals surface area contributed by atoms with Crippen LogP contribution in [-0.2, 0) is 4.79 Å². The number of Topliss-reactive ketones (excluding diaryl/α,β-unsaturated/α-hetero) is 1. The van der Waals surface area contributed by atoms with Gasteiger partial charge in [0.1, 0.15) is 0 Å². The topological polar surface area (TPSA) is 17.1 Å². The zero-order valence-corrected chi connectivity index (χ0v) is 6.74. The molecule has 0 aromatic heterocycles. The molecule has 0 atom stereocenters. The molecule has 0 saturated heterocycles. The number of allylic oxidation sites excluding steroid dienone is 2. The van der Waals surface area contributed by atoms with Gasteiger partial charge in [0.05, 0.1) is 0 Å². The van der Waals surface area contributed by atoms with Crippen LogP contribution in [0.1, 0.15) is 26.7 Å². The zero-order chi connectivity index (χ0) is 8.15. The van der Waals surface area contributed by atoms with Crippen LogP contribution in [0, 0.1) is 0 Å². The van der Waals surface area contributed by atoms with E-state index in [1.54, 1.807) is 6.92 Å². The molecule has 0 radical (unpaired) electrons. The monoisotopic (exact) mass is 138 g/mol. The maximum absolute atomic E-state index is 10.9. The molecule has 0 aliphatic rings. The molecular weight excluding hydrogens is 124 g/mol. The van der Waals surface area contributed by atoms with E-state index in [0.29, 0.717) is 12.0 Å². The van der Waals surface area contributed by atoms with Crippen LogP contribution in [0.3, 0.4) is 0 Å². The summed E-state index contributed by atoms with van der Waals surface area (Å²) in [5.74, 6) is 0.142. The van der Waals surface area contributed by atoms with Gasteiger partial charge in [0, 0.05) is 6.42 Å². The van der Waals surface area contributed by atoms with Gasteiger partial charge in [0.15, 0.2) is 5.78 Å². The fourth-order valence-electron chi connectivity index (χ4n) is 0.540. The van der Waals surface area contributed by atoms with Gasteiger partial charge in [-0.2, -0.15) is 0 Å². The quantitative estimate of drug-likeness (QED) is 0.431. The maximum Gasteiger partial charge on any atom is 0.158 e. The van der Waals surface area contributed by atoms with Gasteiger partial charge < -0.3 is 0 Å². The van der Waals surface area contributed by atoms with Gasteiger partial charge in [0.2, 0.25) is 0 Å². The summed E-state index contributed by atoms with van der Waals surface area (Å²) in [6.07, 6.45) is 1.34. The first-order valence-electron chi connectivity index (χ1n) is 3.37. The standard InChI is InChI=1S/C9H14O/c1-7(2)5-6-9(10)8(3)4/h1,3,5-6H2,2,4H3. The highest BCUT2D eigenvalue weighted by Gasteiger charge is 2.00. The molecule has 0 heterocycles. The van der Waals surface area contributed by atoms with Gasteiger partial charge in [-0.1, -0.05) is 12.2 Å². The summed E-state index contributed by atoms with van der Waals surface area (Å²) in [5.41, 5.74) is 1.69. The fourth-order valence-corrected chi connectivity index (χ4v) is 0.540. The van der Waals surface area contributed by atoms with Crippen LogP contribution in [0.2, 0.25) is 0 Å². The molecule has 0 fully saturated rings. The second kappa shape index (κ2) is 4.04. The van der Waals surface area contributed by atoms with Crippen LogP contribution >= 0.6 is 0 Å². The Hall–Kier alpha value is -0.850. The molecule has 0 aliphatic heterocycles. The smallest absolute Gasteiger partial charge is 0.158 e. The van der Waals surface area contributed by atoms with Crippen LogP contribution in [0.15, 0.2) is 24.3 Å². The van der Waals surface area contributed by atoms with Gasteiger partial charge in [-0.25, -0.2) is 0 Å². The fraction of sp³-hybridized carbons (Fsp3) is 0.444. The van der Waals surface area contributed by atoms with E-state index in [-0.39, 0.29) is 5.78 Å². The largest absolute Gasteiger partial charge is 0.295 e. The van der Waals surface area contributed by atoms with Crippen LogP contribution in [0.5, 0.6) is 0 Å². The third kappa shape index (κ3) is 4.07. The third-order valence-corrected chi connectivity index (χ3v) is 1.25. The van der Waals surface area contributed by atoms with Crippen molar-refractivity contribution in [2.45, 2.75) is 26.7 Å². The summed E-state index contributed by atoms with van der Waals surface area (Å²) in [6, 6.07) is 0. The van der Waals surface area contributed by atoms with Gasteiger partial charge in [-0.15, -0.1) is 6.58 Å². The molecule has 0 spiro atoms. The lowest BCUT2D eigenvalue weighted by atomic mass is 10.1. The molecular formula is C9H14O. The van der Waals surface area contributed by atoms with E-state index >= 15 is 0 Å². The molecule has 0 unspecified atom stereocenters. The molecule has 1 heteroatoms. The van der Waals surface area contributed by atoms with Crippen molar-refractivity contribution in [3.8, 4) is 0 Å². The number of carbonyl (C=O) groups is 1. The molecule has 0 rings (SSSR count). The molecule has 1 nitrogen and oxygen atoms in total. The van der Waals surface area contributed by atoms with E-state index in [4.69, 9.17) is 0 Å². The molecule has 0 bridgehead atoms. The highest BCUT2D eigenvalue weighted by molar-refractivity contribution is 5.94. The Morgan fingerprint density at radius 2 is 1.70 bits per heavy atom. The summed E-state index contributed by atoms with van der Waals surface area (Å²) >= 11 is 0. The summed E-state index contributed by atoms with van der Waals surface area (Å²) in [7, 11) is 0. The first-order valence-corrected chi connectivity index (χ1v) is 3.37. The van der Waals surface area contributed by atoms with Crippen molar-refractivity contribution < 1.29 is 4.79 Å². The first-order chi connectivity index (χ1) is 4.54. The van der Waals surface area contributed by atoms with Gasteiger partial charge in [-0.05, 0) is 25.8 Å². The third-order valence-electron chi connectivity index (χ3n) is 1.25. The Balaban J connectivity index is 3.60. The van der Waals surface area contributed by atoms with Crippen molar-refractivity contribution in [3.05, 3.63) is 24.3 Å². The molecule has 0 saturated carbocycles. The Morgan fingerprint density at radius 3 is 2.00 bits per heavy atom. The van der Waals surface area contributed by atoms with Crippen molar-refractivity contribution >= 4 is 5.78 Å². The Labute approximate surface area is 62.4 Å². The minimum absolute atomic E-state index is 0.142. The first kappa shape index (κ1) is 9.15. The van der Waals surface area contributed by atoms with E-state index in [9.17, 15) is 4.79 Å². The highest BCUT2D eigenvalue weighted by Crippen LogP contribution is 2.04. The summed E-state index contributed by atoms with van der Waals surface area (Å²) < 4.78 is 0. The molecule has 0 aromatic carbocycles.